The molecule has 0 amide bonds. The Bertz CT molecular complexity index is 1070. The van der Waals surface area contributed by atoms with Crippen LogP contribution in [0, 0.1) is 0 Å². The first-order valence-corrected chi connectivity index (χ1v) is 10.6. The zero-order chi connectivity index (χ0) is 19.6. The molecule has 148 valence electrons. The van der Waals surface area contributed by atoms with Gasteiger partial charge in [0, 0.05) is 44.1 Å². The molecular weight excluding hydrogens is 384 g/mol. The van der Waals surface area contributed by atoms with Gasteiger partial charge in [-0.25, -0.2) is 9.50 Å². The van der Waals surface area contributed by atoms with Crippen LogP contribution in [0.5, 0.6) is 5.75 Å². The van der Waals surface area contributed by atoms with Crippen molar-refractivity contribution in [3.63, 3.8) is 0 Å². The second-order valence-electron chi connectivity index (χ2n) is 6.85. The Balaban J connectivity index is 1.30. The fourth-order valence-electron chi connectivity index (χ4n) is 3.61. The number of rotatable bonds is 5. The standard InChI is InChI=1S/C21H22N6OS/c1-2-28-19-8-4-3-7-18(19)25-10-12-26(13-11-25)21-24-27-15-17(23-20(27)29-21)16-6-5-9-22-14-16/h3-9,14-15H,2,10-13H2,1H3. The third-order valence-corrected chi connectivity index (χ3v) is 6.03. The molecule has 0 N–H and O–H groups in total. The summed E-state index contributed by atoms with van der Waals surface area (Å²) in [6.45, 7) is 6.42. The van der Waals surface area contributed by atoms with Gasteiger partial charge >= 0.3 is 0 Å². The number of anilines is 2. The second kappa shape index (κ2) is 7.71. The molecule has 3 aromatic heterocycles. The lowest BCUT2D eigenvalue weighted by molar-refractivity contribution is 0.340. The van der Waals surface area contributed by atoms with Crippen LogP contribution in [0.1, 0.15) is 6.92 Å². The molecule has 1 aliphatic heterocycles. The van der Waals surface area contributed by atoms with Gasteiger partial charge in [0.1, 0.15) is 5.75 Å². The zero-order valence-electron chi connectivity index (χ0n) is 16.2. The first-order valence-electron chi connectivity index (χ1n) is 9.80. The first-order chi connectivity index (χ1) is 14.3. The Morgan fingerprint density at radius 3 is 2.62 bits per heavy atom. The van der Waals surface area contributed by atoms with E-state index in [0.29, 0.717) is 6.61 Å². The summed E-state index contributed by atoms with van der Waals surface area (Å²) in [5.74, 6) is 0.957. The largest absolute Gasteiger partial charge is 0.492 e. The molecule has 7 nitrogen and oxygen atoms in total. The molecule has 8 heteroatoms. The lowest BCUT2D eigenvalue weighted by atomic mass is 10.2. The van der Waals surface area contributed by atoms with Gasteiger partial charge in [-0.1, -0.05) is 23.5 Å². The van der Waals surface area contributed by atoms with Crippen LogP contribution in [0.25, 0.3) is 16.2 Å². The third kappa shape index (κ3) is 3.51. The molecule has 29 heavy (non-hydrogen) atoms. The number of imidazole rings is 1. The molecule has 1 aromatic carbocycles. The summed E-state index contributed by atoms with van der Waals surface area (Å²) in [5, 5.41) is 5.78. The first kappa shape index (κ1) is 17.9. The Kier molecular flexibility index (Phi) is 4.77. The summed E-state index contributed by atoms with van der Waals surface area (Å²) >= 11 is 1.63. The Labute approximate surface area is 173 Å². The predicted octanol–water partition coefficient (Wildman–Crippen LogP) is 3.58. The van der Waals surface area contributed by atoms with E-state index in [-0.39, 0.29) is 0 Å². The van der Waals surface area contributed by atoms with Crippen molar-refractivity contribution < 1.29 is 4.74 Å². The Morgan fingerprint density at radius 1 is 1.03 bits per heavy atom. The zero-order valence-corrected chi connectivity index (χ0v) is 17.0. The molecule has 0 bridgehead atoms. The van der Waals surface area contributed by atoms with Gasteiger partial charge in [0.2, 0.25) is 10.1 Å². The summed E-state index contributed by atoms with van der Waals surface area (Å²) < 4.78 is 7.67. The number of ether oxygens (including phenoxy) is 1. The normalized spacial score (nSPS) is 14.5. The fourth-order valence-corrected chi connectivity index (χ4v) is 4.54. The highest BCUT2D eigenvalue weighted by molar-refractivity contribution is 7.20. The molecule has 0 radical (unpaired) electrons. The molecule has 4 heterocycles. The second-order valence-corrected chi connectivity index (χ2v) is 7.79. The summed E-state index contributed by atoms with van der Waals surface area (Å²) in [7, 11) is 0. The van der Waals surface area contributed by atoms with Gasteiger partial charge in [-0.3, -0.25) is 4.98 Å². The van der Waals surface area contributed by atoms with Gasteiger partial charge in [-0.05, 0) is 31.2 Å². The fraction of sp³-hybridized carbons (Fsp3) is 0.286. The van der Waals surface area contributed by atoms with E-state index in [1.807, 2.05) is 48.1 Å². The van der Waals surface area contributed by atoms with Crippen molar-refractivity contribution >= 4 is 27.1 Å². The van der Waals surface area contributed by atoms with Crippen LogP contribution in [-0.4, -0.2) is 52.4 Å². The number of piperazine rings is 1. The van der Waals surface area contributed by atoms with E-state index in [1.54, 1.807) is 17.5 Å². The van der Waals surface area contributed by atoms with E-state index in [9.17, 15) is 0 Å². The molecule has 0 atom stereocenters. The summed E-state index contributed by atoms with van der Waals surface area (Å²) in [4.78, 5) is 14.5. The van der Waals surface area contributed by atoms with Gasteiger partial charge in [-0.15, -0.1) is 5.10 Å². The maximum Gasteiger partial charge on any atom is 0.214 e. The molecule has 0 saturated carbocycles. The van der Waals surface area contributed by atoms with Crippen LogP contribution in [0.2, 0.25) is 0 Å². The SMILES string of the molecule is CCOc1ccccc1N1CCN(c2nn3cc(-c4cccnc4)nc3s2)CC1. The van der Waals surface area contributed by atoms with Crippen LogP contribution in [0.15, 0.2) is 55.0 Å². The van der Waals surface area contributed by atoms with E-state index in [1.165, 1.54) is 5.69 Å². The third-order valence-electron chi connectivity index (χ3n) is 5.05. The number of benzene rings is 1. The highest BCUT2D eigenvalue weighted by atomic mass is 32.1. The lowest BCUT2D eigenvalue weighted by Gasteiger charge is -2.36. The van der Waals surface area contributed by atoms with E-state index >= 15 is 0 Å². The van der Waals surface area contributed by atoms with Crippen LogP contribution in [0.3, 0.4) is 0 Å². The molecule has 0 aliphatic carbocycles. The minimum absolute atomic E-state index is 0.678. The number of para-hydroxylation sites is 2. The van der Waals surface area contributed by atoms with E-state index in [0.717, 1.165) is 53.3 Å². The molecule has 4 aromatic rings. The van der Waals surface area contributed by atoms with Crippen molar-refractivity contribution in [2.24, 2.45) is 0 Å². The highest BCUT2D eigenvalue weighted by Crippen LogP contribution is 2.31. The smallest absolute Gasteiger partial charge is 0.214 e. The molecule has 1 fully saturated rings. The average Bonchev–Trinajstić information content (AvgIpc) is 3.35. The van der Waals surface area contributed by atoms with E-state index < -0.39 is 0 Å². The van der Waals surface area contributed by atoms with Crippen molar-refractivity contribution in [3.8, 4) is 17.0 Å². The highest BCUT2D eigenvalue weighted by Gasteiger charge is 2.22. The molecule has 0 unspecified atom stereocenters. The van der Waals surface area contributed by atoms with Crippen molar-refractivity contribution in [2.75, 3.05) is 42.6 Å². The number of hydrogen-bond acceptors (Lipinski definition) is 7. The molecule has 1 saturated heterocycles. The van der Waals surface area contributed by atoms with Gasteiger partial charge in [-0.2, -0.15) is 0 Å². The van der Waals surface area contributed by atoms with Gasteiger partial charge in [0.25, 0.3) is 0 Å². The Morgan fingerprint density at radius 2 is 1.86 bits per heavy atom. The lowest BCUT2D eigenvalue weighted by Crippen LogP contribution is -2.46. The average molecular weight is 407 g/mol. The number of aromatic nitrogens is 4. The summed E-state index contributed by atoms with van der Waals surface area (Å²) in [6, 6.07) is 12.2. The topological polar surface area (TPSA) is 58.8 Å². The van der Waals surface area contributed by atoms with E-state index in [4.69, 9.17) is 14.8 Å². The van der Waals surface area contributed by atoms with Crippen molar-refractivity contribution in [2.45, 2.75) is 6.92 Å². The van der Waals surface area contributed by atoms with Crippen LogP contribution >= 0.6 is 11.3 Å². The number of nitrogens with zero attached hydrogens (tertiary/aromatic N) is 6. The predicted molar refractivity (Wildman–Crippen MR) is 116 cm³/mol. The number of hydrogen-bond donors (Lipinski definition) is 0. The molecule has 1 aliphatic rings. The minimum atomic E-state index is 0.678. The molecule has 0 spiro atoms. The van der Waals surface area contributed by atoms with Gasteiger partial charge < -0.3 is 14.5 Å². The number of pyridine rings is 1. The Hall–Kier alpha value is -3.13. The number of fused-ring (bicyclic) bond motifs is 1. The van der Waals surface area contributed by atoms with Crippen LogP contribution in [0.4, 0.5) is 10.8 Å². The van der Waals surface area contributed by atoms with Crippen molar-refractivity contribution in [1.82, 2.24) is 19.6 Å². The summed E-state index contributed by atoms with van der Waals surface area (Å²) in [6.07, 6.45) is 5.57. The quantitative estimate of drug-likeness (QED) is 0.505. The van der Waals surface area contributed by atoms with E-state index in [2.05, 4.69) is 26.9 Å². The van der Waals surface area contributed by atoms with Crippen LogP contribution < -0.4 is 14.5 Å². The van der Waals surface area contributed by atoms with Crippen molar-refractivity contribution in [3.05, 3.63) is 55.0 Å². The summed E-state index contributed by atoms with van der Waals surface area (Å²) in [5.41, 5.74) is 3.08. The molecule has 5 rings (SSSR count). The maximum atomic E-state index is 5.80. The van der Waals surface area contributed by atoms with Gasteiger partial charge in [0.15, 0.2) is 0 Å². The van der Waals surface area contributed by atoms with Crippen LogP contribution in [-0.2, 0) is 0 Å². The maximum absolute atomic E-state index is 5.80. The van der Waals surface area contributed by atoms with Crippen molar-refractivity contribution in [1.29, 1.82) is 0 Å². The monoisotopic (exact) mass is 406 g/mol. The molecular formula is C21H22N6OS. The van der Waals surface area contributed by atoms with Gasteiger partial charge in [0.05, 0.1) is 24.2 Å². The minimum Gasteiger partial charge on any atom is -0.492 e.